The molecule has 2 aromatic heterocycles. The zero-order chi connectivity index (χ0) is 10.7. The van der Waals surface area contributed by atoms with Gasteiger partial charge < -0.3 is 5.32 Å². The molecule has 0 saturated carbocycles. The zero-order valence-electron chi connectivity index (χ0n) is 8.37. The monoisotopic (exact) mass is 257 g/mol. The molecular formula is C11H12ClNS2. The van der Waals surface area contributed by atoms with Gasteiger partial charge in [0.2, 0.25) is 0 Å². The lowest BCUT2D eigenvalue weighted by molar-refractivity contribution is 0.603. The number of halogens is 1. The van der Waals surface area contributed by atoms with E-state index < -0.39 is 0 Å². The Morgan fingerprint density at radius 3 is 2.80 bits per heavy atom. The van der Waals surface area contributed by atoms with Crippen LogP contribution >= 0.6 is 34.3 Å². The van der Waals surface area contributed by atoms with E-state index in [1.165, 1.54) is 10.4 Å². The average Bonchev–Trinajstić information content (AvgIpc) is 2.85. The van der Waals surface area contributed by atoms with Crippen LogP contribution < -0.4 is 5.32 Å². The predicted octanol–water partition coefficient (Wildman–Crippen LogP) is 3.97. The third-order valence-corrected chi connectivity index (χ3v) is 4.38. The van der Waals surface area contributed by atoms with Crippen LogP contribution in [0.25, 0.3) is 0 Å². The summed E-state index contributed by atoms with van der Waals surface area (Å²) in [5.41, 5.74) is 1.38. The molecule has 80 valence electrons. The van der Waals surface area contributed by atoms with E-state index in [4.69, 9.17) is 11.6 Å². The fourth-order valence-electron chi connectivity index (χ4n) is 1.50. The van der Waals surface area contributed by atoms with E-state index in [0.717, 1.165) is 10.8 Å². The van der Waals surface area contributed by atoms with E-state index >= 15 is 0 Å². The molecule has 15 heavy (non-hydrogen) atoms. The fraction of sp³-hybridized carbons (Fsp3) is 0.273. The summed E-state index contributed by atoms with van der Waals surface area (Å²) in [6.45, 7) is 0. The molecule has 1 unspecified atom stereocenters. The molecule has 0 radical (unpaired) electrons. The number of hydrogen-bond acceptors (Lipinski definition) is 3. The second-order valence-electron chi connectivity index (χ2n) is 3.32. The third kappa shape index (κ3) is 2.82. The smallest absolute Gasteiger partial charge is 0.0931 e. The Kier molecular flexibility index (Phi) is 3.81. The molecule has 1 N–H and O–H groups in total. The maximum atomic E-state index is 5.94. The number of nitrogens with one attached hydrogen (secondary N) is 1. The van der Waals surface area contributed by atoms with Crippen LogP contribution in [0.4, 0.5) is 0 Å². The van der Waals surface area contributed by atoms with Crippen molar-refractivity contribution in [1.82, 2.24) is 5.32 Å². The molecule has 4 heteroatoms. The Labute approximate surface area is 103 Å². The number of rotatable bonds is 4. The first-order valence-electron chi connectivity index (χ1n) is 4.73. The van der Waals surface area contributed by atoms with Gasteiger partial charge >= 0.3 is 0 Å². The van der Waals surface area contributed by atoms with Gasteiger partial charge in [-0.05, 0) is 48.0 Å². The second kappa shape index (κ2) is 5.12. The van der Waals surface area contributed by atoms with E-state index in [9.17, 15) is 0 Å². The molecule has 0 saturated heterocycles. The molecule has 2 rings (SSSR count). The van der Waals surface area contributed by atoms with Crippen LogP contribution in [0, 0.1) is 0 Å². The second-order valence-corrected chi connectivity index (χ2v) is 5.85. The highest BCUT2D eigenvalue weighted by atomic mass is 35.5. The summed E-state index contributed by atoms with van der Waals surface area (Å²) >= 11 is 9.33. The van der Waals surface area contributed by atoms with Crippen molar-refractivity contribution < 1.29 is 0 Å². The molecule has 1 nitrogen and oxygen atoms in total. The first-order valence-corrected chi connectivity index (χ1v) is 6.87. The SMILES string of the molecule is CNC(Cc1ccsc1)c1ccc(Cl)s1. The molecular weight excluding hydrogens is 246 g/mol. The summed E-state index contributed by atoms with van der Waals surface area (Å²) < 4.78 is 0.857. The van der Waals surface area contributed by atoms with Gasteiger partial charge in [-0.2, -0.15) is 11.3 Å². The lowest BCUT2D eigenvalue weighted by Crippen LogP contribution is -2.17. The highest BCUT2D eigenvalue weighted by Crippen LogP contribution is 2.29. The first kappa shape index (κ1) is 11.1. The molecule has 1 atom stereocenters. The number of thiophene rings is 2. The first-order chi connectivity index (χ1) is 7.29. The van der Waals surface area contributed by atoms with Crippen LogP contribution in [0.15, 0.2) is 29.0 Å². The number of hydrogen-bond donors (Lipinski definition) is 1. The zero-order valence-corrected chi connectivity index (χ0v) is 10.8. The Bertz CT molecular complexity index is 408. The maximum Gasteiger partial charge on any atom is 0.0931 e. The summed E-state index contributed by atoms with van der Waals surface area (Å²) in [4.78, 5) is 1.30. The highest BCUT2D eigenvalue weighted by molar-refractivity contribution is 7.16. The standard InChI is InChI=1S/C11H12ClNS2/c1-13-9(6-8-4-5-14-7-8)10-2-3-11(12)15-10/h2-5,7,9,13H,6H2,1H3. The summed E-state index contributed by atoms with van der Waals surface area (Å²) in [6.07, 6.45) is 1.02. The molecule has 0 fully saturated rings. The topological polar surface area (TPSA) is 12.0 Å². The molecule has 0 aromatic carbocycles. The molecule has 0 spiro atoms. The normalized spacial score (nSPS) is 12.9. The van der Waals surface area contributed by atoms with E-state index in [-0.39, 0.29) is 0 Å². The minimum absolute atomic E-state index is 0.372. The van der Waals surface area contributed by atoms with Crippen molar-refractivity contribution in [3.8, 4) is 0 Å². The van der Waals surface area contributed by atoms with Crippen molar-refractivity contribution in [3.63, 3.8) is 0 Å². The predicted molar refractivity (Wildman–Crippen MR) is 69.2 cm³/mol. The van der Waals surface area contributed by atoms with Crippen molar-refractivity contribution in [2.24, 2.45) is 0 Å². The molecule has 2 heterocycles. The third-order valence-electron chi connectivity index (χ3n) is 2.31. The van der Waals surface area contributed by atoms with Crippen LogP contribution in [0.5, 0.6) is 0 Å². The Morgan fingerprint density at radius 2 is 2.27 bits per heavy atom. The van der Waals surface area contributed by atoms with Crippen molar-refractivity contribution in [1.29, 1.82) is 0 Å². The van der Waals surface area contributed by atoms with Crippen LogP contribution in [0.3, 0.4) is 0 Å². The van der Waals surface area contributed by atoms with Gasteiger partial charge in [0.1, 0.15) is 0 Å². The molecule has 0 aliphatic heterocycles. The number of likely N-dealkylation sites (N-methyl/N-ethyl adjacent to an activating group) is 1. The van der Waals surface area contributed by atoms with Crippen LogP contribution in [0.2, 0.25) is 4.34 Å². The van der Waals surface area contributed by atoms with Gasteiger partial charge in [-0.1, -0.05) is 11.6 Å². The summed E-state index contributed by atoms with van der Waals surface area (Å²) in [7, 11) is 1.99. The minimum atomic E-state index is 0.372. The van der Waals surface area contributed by atoms with Gasteiger partial charge in [0.05, 0.1) is 4.34 Å². The Hall–Kier alpha value is -0.350. The molecule has 0 amide bonds. The van der Waals surface area contributed by atoms with Gasteiger partial charge in [-0.3, -0.25) is 0 Å². The van der Waals surface area contributed by atoms with Gasteiger partial charge in [0, 0.05) is 10.9 Å². The van der Waals surface area contributed by atoms with Crippen molar-refractivity contribution in [3.05, 3.63) is 43.7 Å². The van der Waals surface area contributed by atoms with Crippen LogP contribution in [-0.2, 0) is 6.42 Å². The van der Waals surface area contributed by atoms with Gasteiger partial charge in [0.25, 0.3) is 0 Å². The molecule has 2 aromatic rings. The van der Waals surface area contributed by atoms with Crippen molar-refractivity contribution >= 4 is 34.3 Å². The van der Waals surface area contributed by atoms with E-state index in [2.05, 4.69) is 28.2 Å². The minimum Gasteiger partial charge on any atom is -0.312 e. The quantitative estimate of drug-likeness (QED) is 0.874. The molecule has 0 aliphatic carbocycles. The summed E-state index contributed by atoms with van der Waals surface area (Å²) in [5, 5.41) is 7.63. The van der Waals surface area contributed by atoms with Crippen LogP contribution in [-0.4, -0.2) is 7.05 Å². The van der Waals surface area contributed by atoms with Gasteiger partial charge in [0.15, 0.2) is 0 Å². The van der Waals surface area contributed by atoms with Crippen molar-refractivity contribution in [2.75, 3.05) is 7.05 Å². The van der Waals surface area contributed by atoms with E-state index in [1.54, 1.807) is 22.7 Å². The molecule has 0 aliphatic rings. The summed E-state index contributed by atoms with van der Waals surface area (Å²) in [5.74, 6) is 0. The maximum absolute atomic E-state index is 5.94. The molecule has 0 bridgehead atoms. The van der Waals surface area contributed by atoms with Gasteiger partial charge in [-0.15, -0.1) is 11.3 Å². The van der Waals surface area contributed by atoms with E-state index in [1.807, 2.05) is 13.1 Å². The Balaban J connectivity index is 2.11. The summed E-state index contributed by atoms with van der Waals surface area (Å²) in [6, 6.07) is 6.60. The lowest BCUT2D eigenvalue weighted by atomic mass is 10.1. The van der Waals surface area contributed by atoms with Crippen LogP contribution in [0.1, 0.15) is 16.5 Å². The largest absolute Gasteiger partial charge is 0.312 e. The fourth-order valence-corrected chi connectivity index (χ4v) is 3.36. The average molecular weight is 258 g/mol. The Morgan fingerprint density at radius 1 is 1.40 bits per heavy atom. The van der Waals surface area contributed by atoms with Gasteiger partial charge in [-0.25, -0.2) is 0 Å². The van der Waals surface area contributed by atoms with E-state index in [0.29, 0.717) is 6.04 Å². The highest BCUT2D eigenvalue weighted by Gasteiger charge is 2.12. The lowest BCUT2D eigenvalue weighted by Gasteiger charge is -2.13. The van der Waals surface area contributed by atoms with Crippen molar-refractivity contribution in [2.45, 2.75) is 12.5 Å².